The summed E-state index contributed by atoms with van der Waals surface area (Å²) in [4.78, 5) is 9.56. The highest BCUT2D eigenvalue weighted by Crippen LogP contribution is 2.05. The van der Waals surface area contributed by atoms with E-state index in [0.29, 0.717) is 13.2 Å². The van der Waals surface area contributed by atoms with Crippen molar-refractivity contribution in [2.45, 2.75) is 12.5 Å². The largest absolute Gasteiger partial charge is 0.451 e. The standard InChI is InChI=1S/C5H7O3/c6-4-8-5-1-2-7-3-5/h5H,1-3H2/t5-/m0/s1. The van der Waals surface area contributed by atoms with E-state index in [1.165, 1.54) is 6.47 Å². The summed E-state index contributed by atoms with van der Waals surface area (Å²) in [5.41, 5.74) is 0. The predicted octanol–water partition coefficient (Wildman–Crippen LogP) is -0.141. The molecule has 8 heavy (non-hydrogen) atoms. The van der Waals surface area contributed by atoms with Crippen LogP contribution in [0.1, 0.15) is 6.42 Å². The zero-order chi connectivity index (χ0) is 5.82. The maximum Gasteiger partial charge on any atom is 0.417 e. The highest BCUT2D eigenvalue weighted by molar-refractivity contribution is 5.38. The normalized spacial score (nSPS) is 27.8. The van der Waals surface area contributed by atoms with Crippen molar-refractivity contribution in [1.82, 2.24) is 0 Å². The van der Waals surface area contributed by atoms with Gasteiger partial charge in [-0.3, -0.25) is 0 Å². The van der Waals surface area contributed by atoms with Crippen molar-refractivity contribution >= 4 is 6.47 Å². The minimum Gasteiger partial charge on any atom is -0.451 e. The van der Waals surface area contributed by atoms with Gasteiger partial charge in [0.2, 0.25) is 0 Å². The highest BCUT2D eigenvalue weighted by atomic mass is 16.6. The lowest BCUT2D eigenvalue weighted by Crippen LogP contribution is -2.10. The Balaban J connectivity index is 2.14. The Morgan fingerprint density at radius 2 is 2.62 bits per heavy atom. The third-order valence-electron chi connectivity index (χ3n) is 1.10. The molecule has 45 valence electrons. The molecule has 1 aliphatic heterocycles. The predicted molar refractivity (Wildman–Crippen MR) is 26.0 cm³/mol. The number of hydrogen-bond acceptors (Lipinski definition) is 3. The Kier molecular flexibility index (Phi) is 1.86. The van der Waals surface area contributed by atoms with Gasteiger partial charge in [-0.1, -0.05) is 0 Å². The lowest BCUT2D eigenvalue weighted by Gasteiger charge is -1.99. The zero-order valence-corrected chi connectivity index (χ0v) is 4.42. The minimum atomic E-state index is -0.0347. The van der Waals surface area contributed by atoms with E-state index in [-0.39, 0.29) is 6.10 Å². The first-order valence-corrected chi connectivity index (χ1v) is 2.54. The van der Waals surface area contributed by atoms with Gasteiger partial charge in [0.05, 0.1) is 13.2 Å². The molecule has 0 saturated carbocycles. The van der Waals surface area contributed by atoms with Crippen LogP contribution in [-0.4, -0.2) is 25.8 Å². The average molecular weight is 115 g/mol. The van der Waals surface area contributed by atoms with Crippen LogP contribution in [0.3, 0.4) is 0 Å². The van der Waals surface area contributed by atoms with E-state index in [4.69, 9.17) is 4.74 Å². The van der Waals surface area contributed by atoms with Crippen LogP contribution in [0.5, 0.6) is 0 Å². The van der Waals surface area contributed by atoms with Crippen molar-refractivity contribution in [3.05, 3.63) is 0 Å². The van der Waals surface area contributed by atoms with E-state index in [0.717, 1.165) is 6.42 Å². The molecule has 1 heterocycles. The van der Waals surface area contributed by atoms with Crippen LogP contribution in [0.2, 0.25) is 0 Å². The van der Waals surface area contributed by atoms with Gasteiger partial charge < -0.3 is 9.47 Å². The van der Waals surface area contributed by atoms with Gasteiger partial charge in [0.25, 0.3) is 0 Å². The Bertz CT molecular complexity index is 75.7. The van der Waals surface area contributed by atoms with Gasteiger partial charge in [0, 0.05) is 6.42 Å². The summed E-state index contributed by atoms with van der Waals surface area (Å²) in [6, 6.07) is 0. The first-order chi connectivity index (χ1) is 3.93. The summed E-state index contributed by atoms with van der Waals surface area (Å²) in [6.07, 6.45) is 0.780. The molecule has 0 N–H and O–H groups in total. The molecule has 0 aromatic carbocycles. The van der Waals surface area contributed by atoms with Crippen LogP contribution >= 0.6 is 0 Å². The van der Waals surface area contributed by atoms with Crippen LogP contribution in [0.25, 0.3) is 0 Å². The average Bonchev–Trinajstić information content (AvgIpc) is 2.19. The molecule has 0 bridgehead atoms. The Labute approximate surface area is 47.6 Å². The van der Waals surface area contributed by atoms with Gasteiger partial charge in [0.1, 0.15) is 6.10 Å². The topological polar surface area (TPSA) is 35.5 Å². The third kappa shape index (κ3) is 1.20. The Hall–Kier alpha value is -0.570. The third-order valence-corrected chi connectivity index (χ3v) is 1.10. The van der Waals surface area contributed by atoms with Crippen LogP contribution < -0.4 is 0 Å². The van der Waals surface area contributed by atoms with E-state index in [1.807, 2.05) is 0 Å². The number of carbonyl (C=O) groups excluding carboxylic acids is 1. The van der Waals surface area contributed by atoms with Crippen molar-refractivity contribution in [2.24, 2.45) is 0 Å². The fraction of sp³-hybridized carbons (Fsp3) is 0.800. The maximum atomic E-state index is 9.56. The monoisotopic (exact) mass is 115 g/mol. The molecule has 1 fully saturated rings. The lowest BCUT2D eigenvalue weighted by molar-refractivity contribution is 0.130. The first kappa shape index (κ1) is 5.56. The second-order valence-electron chi connectivity index (χ2n) is 1.69. The molecular formula is C5H7O3. The molecule has 1 saturated heterocycles. The van der Waals surface area contributed by atoms with Crippen molar-refractivity contribution in [3.8, 4) is 0 Å². The molecule has 1 aliphatic rings. The molecule has 0 spiro atoms. The quantitative estimate of drug-likeness (QED) is 0.502. The van der Waals surface area contributed by atoms with Gasteiger partial charge in [-0.2, -0.15) is 0 Å². The molecule has 1 radical (unpaired) electrons. The van der Waals surface area contributed by atoms with E-state index >= 15 is 0 Å². The van der Waals surface area contributed by atoms with Crippen LogP contribution in [-0.2, 0) is 14.3 Å². The summed E-state index contributed by atoms with van der Waals surface area (Å²) >= 11 is 0. The molecule has 1 rings (SSSR count). The number of rotatable bonds is 2. The first-order valence-electron chi connectivity index (χ1n) is 2.54. The molecular weight excluding hydrogens is 108 g/mol. The number of hydrogen-bond donors (Lipinski definition) is 0. The zero-order valence-electron chi connectivity index (χ0n) is 4.42. The summed E-state index contributed by atoms with van der Waals surface area (Å²) < 4.78 is 9.38. The van der Waals surface area contributed by atoms with Gasteiger partial charge in [0.15, 0.2) is 0 Å². The minimum absolute atomic E-state index is 0.0347. The molecule has 0 amide bonds. The lowest BCUT2D eigenvalue weighted by atomic mass is 10.3. The highest BCUT2D eigenvalue weighted by Gasteiger charge is 2.15. The van der Waals surface area contributed by atoms with E-state index in [9.17, 15) is 4.79 Å². The van der Waals surface area contributed by atoms with Crippen molar-refractivity contribution in [2.75, 3.05) is 13.2 Å². The second kappa shape index (κ2) is 2.67. The van der Waals surface area contributed by atoms with Crippen LogP contribution in [0.4, 0.5) is 0 Å². The number of ether oxygens (including phenoxy) is 2. The van der Waals surface area contributed by atoms with Crippen molar-refractivity contribution in [3.63, 3.8) is 0 Å². The molecule has 1 atom stereocenters. The van der Waals surface area contributed by atoms with E-state index in [2.05, 4.69) is 4.74 Å². The molecule has 3 nitrogen and oxygen atoms in total. The maximum absolute atomic E-state index is 9.56. The van der Waals surface area contributed by atoms with Crippen LogP contribution in [0, 0.1) is 0 Å². The molecule has 0 aromatic heterocycles. The second-order valence-corrected chi connectivity index (χ2v) is 1.69. The van der Waals surface area contributed by atoms with Gasteiger partial charge in [-0.05, 0) is 0 Å². The van der Waals surface area contributed by atoms with Crippen molar-refractivity contribution in [1.29, 1.82) is 0 Å². The van der Waals surface area contributed by atoms with Crippen molar-refractivity contribution < 1.29 is 14.3 Å². The van der Waals surface area contributed by atoms with Gasteiger partial charge in [-0.15, -0.1) is 0 Å². The summed E-state index contributed by atoms with van der Waals surface area (Å²) in [7, 11) is 0. The fourth-order valence-corrected chi connectivity index (χ4v) is 0.674. The summed E-state index contributed by atoms with van der Waals surface area (Å²) in [6.45, 7) is 2.62. The Morgan fingerprint density at radius 3 is 3.12 bits per heavy atom. The van der Waals surface area contributed by atoms with Crippen LogP contribution in [0.15, 0.2) is 0 Å². The SMILES string of the molecule is O=[C]O[C@H]1CCOC1. The molecule has 0 aromatic rings. The smallest absolute Gasteiger partial charge is 0.417 e. The van der Waals surface area contributed by atoms with Gasteiger partial charge in [-0.25, -0.2) is 4.79 Å². The fourth-order valence-electron chi connectivity index (χ4n) is 0.674. The Morgan fingerprint density at radius 1 is 1.75 bits per heavy atom. The summed E-state index contributed by atoms with van der Waals surface area (Å²) in [5, 5.41) is 0. The summed E-state index contributed by atoms with van der Waals surface area (Å²) in [5.74, 6) is 0. The molecule has 3 heteroatoms. The van der Waals surface area contributed by atoms with E-state index < -0.39 is 0 Å². The molecule has 0 unspecified atom stereocenters. The van der Waals surface area contributed by atoms with E-state index in [1.54, 1.807) is 0 Å². The molecule has 0 aliphatic carbocycles. The van der Waals surface area contributed by atoms with Gasteiger partial charge >= 0.3 is 6.47 Å².